The molecular formula is C25H34BrNO3. The average molecular weight is 476 g/mol. The van der Waals surface area contributed by atoms with E-state index in [4.69, 9.17) is 9.47 Å². The third kappa shape index (κ3) is 8.39. The number of halogens is 1. The Morgan fingerprint density at radius 3 is 2.33 bits per heavy atom. The molecule has 0 fully saturated rings. The molecule has 2 rings (SSSR count). The van der Waals surface area contributed by atoms with Crippen LogP contribution in [0, 0.1) is 0 Å². The summed E-state index contributed by atoms with van der Waals surface area (Å²) >= 11 is 3.50. The Labute approximate surface area is 189 Å². The highest BCUT2D eigenvalue weighted by Gasteiger charge is 2.20. The second kappa shape index (κ2) is 12.0. The molecule has 0 aliphatic heterocycles. The fraction of sp³-hybridized carbons (Fsp3) is 0.480. The first kappa shape index (κ1) is 24.3. The van der Waals surface area contributed by atoms with Gasteiger partial charge in [0, 0.05) is 15.7 Å². The fourth-order valence-electron chi connectivity index (χ4n) is 3.08. The van der Waals surface area contributed by atoms with E-state index in [-0.39, 0.29) is 17.9 Å². The molecule has 1 amide bonds. The smallest absolute Gasteiger partial charge is 0.262 e. The van der Waals surface area contributed by atoms with E-state index >= 15 is 0 Å². The molecule has 0 bridgehead atoms. The molecule has 0 aromatic heterocycles. The third-order valence-corrected chi connectivity index (χ3v) is 5.26. The van der Waals surface area contributed by atoms with E-state index in [1.165, 1.54) is 25.7 Å². The van der Waals surface area contributed by atoms with Crippen LogP contribution in [0.2, 0.25) is 0 Å². The third-order valence-electron chi connectivity index (χ3n) is 4.76. The van der Waals surface area contributed by atoms with E-state index in [0.717, 1.165) is 40.3 Å². The fourth-order valence-corrected chi connectivity index (χ4v) is 3.45. The van der Waals surface area contributed by atoms with Gasteiger partial charge in [-0.3, -0.25) is 4.79 Å². The van der Waals surface area contributed by atoms with Gasteiger partial charge in [-0.1, -0.05) is 69.3 Å². The first-order chi connectivity index (χ1) is 14.3. The average Bonchev–Trinajstić information content (AvgIpc) is 2.70. The molecule has 5 heteroatoms. The van der Waals surface area contributed by atoms with Gasteiger partial charge in [-0.15, -0.1) is 0 Å². The Kier molecular flexibility index (Phi) is 9.70. The number of carbonyl (C=O) groups excluding carboxylic acids is 1. The Balaban J connectivity index is 1.80. The molecule has 0 saturated heterocycles. The lowest BCUT2D eigenvalue weighted by molar-refractivity contribution is -0.118. The van der Waals surface area contributed by atoms with E-state index in [9.17, 15) is 4.79 Å². The number of anilines is 1. The number of ether oxygens (including phenoxy) is 2. The maximum atomic E-state index is 12.3. The summed E-state index contributed by atoms with van der Waals surface area (Å²) in [6, 6.07) is 13.3. The zero-order valence-electron chi connectivity index (χ0n) is 18.6. The van der Waals surface area contributed by atoms with Gasteiger partial charge in [0.15, 0.2) is 6.61 Å². The molecule has 0 aliphatic rings. The lowest BCUT2D eigenvalue weighted by Gasteiger charge is -2.23. The maximum absolute atomic E-state index is 12.3. The van der Waals surface area contributed by atoms with Crippen LogP contribution in [0.4, 0.5) is 5.69 Å². The molecule has 0 heterocycles. The minimum absolute atomic E-state index is 0.0409. The normalized spacial score (nSPS) is 11.2. The monoisotopic (exact) mass is 475 g/mol. The van der Waals surface area contributed by atoms with Crippen LogP contribution in [0.5, 0.6) is 11.5 Å². The van der Waals surface area contributed by atoms with Crippen LogP contribution in [0.1, 0.15) is 65.4 Å². The summed E-state index contributed by atoms with van der Waals surface area (Å²) in [5.41, 5.74) is 1.70. The number of carbonyl (C=O) groups is 1. The van der Waals surface area contributed by atoms with Crippen molar-refractivity contribution in [2.75, 3.05) is 18.5 Å². The van der Waals surface area contributed by atoms with Crippen molar-refractivity contribution < 1.29 is 14.3 Å². The van der Waals surface area contributed by atoms with Gasteiger partial charge >= 0.3 is 0 Å². The highest BCUT2D eigenvalue weighted by molar-refractivity contribution is 9.10. The van der Waals surface area contributed by atoms with Gasteiger partial charge in [0.25, 0.3) is 5.91 Å². The summed E-state index contributed by atoms with van der Waals surface area (Å²) in [5, 5.41) is 2.87. The van der Waals surface area contributed by atoms with E-state index in [0.29, 0.717) is 0 Å². The number of amides is 1. The minimum atomic E-state index is -0.192. The zero-order valence-corrected chi connectivity index (χ0v) is 20.2. The minimum Gasteiger partial charge on any atom is -0.494 e. The van der Waals surface area contributed by atoms with Crippen LogP contribution < -0.4 is 14.8 Å². The van der Waals surface area contributed by atoms with Gasteiger partial charge < -0.3 is 14.8 Å². The van der Waals surface area contributed by atoms with Gasteiger partial charge in [-0.25, -0.2) is 0 Å². The molecule has 0 aliphatic carbocycles. The van der Waals surface area contributed by atoms with Crippen molar-refractivity contribution in [3.63, 3.8) is 0 Å². The van der Waals surface area contributed by atoms with Crippen molar-refractivity contribution in [2.24, 2.45) is 0 Å². The van der Waals surface area contributed by atoms with E-state index in [2.05, 4.69) is 48.9 Å². The highest BCUT2D eigenvalue weighted by atomic mass is 79.9. The van der Waals surface area contributed by atoms with Gasteiger partial charge in [0.2, 0.25) is 0 Å². The second-order valence-electron chi connectivity index (χ2n) is 8.51. The van der Waals surface area contributed by atoms with Crippen molar-refractivity contribution in [2.45, 2.75) is 65.2 Å². The lowest BCUT2D eigenvalue weighted by atomic mass is 9.86. The summed E-state index contributed by atoms with van der Waals surface area (Å²) in [4.78, 5) is 12.3. The Hall–Kier alpha value is -2.01. The first-order valence-corrected chi connectivity index (χ1v) is 11.5. The largest absolute Gasteiger partial charge is 0.494 e. The molecule has 2 aromatic carbocycles. The highest BCUT2D eigenvalue weighted by Crippen LogP contribution is 2.33. The van der Waals surface area contributed by atoms with Crippen molar-refractivity contribution in [1.82, 2.24) is 0 Å². The van der Waals surface area contributed by atoms with Crippen molar-refractivity contribution in [3.05, 3.63) is 52.5 Å². The molecule has 164 valence electrons. The number of hydrogen-bond acceptors (Lipinski definition) is 3. The molecule has 0 radical (unpaired) electrons. The van der Waals surface area contributed by atoms with Gasteiger partial charge in [0.05, 0.1) is 6.61 Å². The van der Waals surface area contributed by atoms with Crippen LogP contribution in [0.15, 0.2) is 46.9 Å². The maximum Gasteiger partial charge on any atom is 0.262 e. The Morgan fingerprint density at radius 1 is 0.967 bits per heavy atom. The summed E-state index contributed by atoms with van der Waals surface area (Å²) in [5.74, 6) is 1.36. The molecule has 0 saturated carbocycles. The summed E-state index contributed by atoms with van der Waals surface area (Å²) in [6.45, 7) is 9.27. The predicted octanol–water partition coefficient (Wildman–Crippen LogP) is 7.11. The molecule has 2 aromatic rings. The number of hydrogen-bond donors (Lipinski definition) is 1. The van der Waals surface area contributed by atoms with Crippen molar-refractivity contribution >= 4 is 27.5 Å². The van der Waals surface area contributed by atoms with Gasteiger partial charge in [0.1, 0.15) is 11.5 Å². The lowest BCUT2D eigenvalue weighted by Crippen LogP contribution is -2.22. The number of nitrogens with one attached hydrogen (secondary N) is 1. The quantitative estimate of drug-likeness (QED) is 0.352. The van der Waals surface area contributed by atoms with Crippen LogP contribution >= 0.6 is 15.9 Å². The summed E-state index contributed by atoms with van der Waals surface area (Å²) in [7, 11) is 0. The molecular weight excluding hydrogens is 442 g/mol. The molecule has 1 N–H and O–H groups in total. The predicted molar refractivity (Wildman–Crippen MR) is 128 cm³/mol. The Bertz CT molecular complexity index is 797. The summed E-state index contributed by atoms with van der Waals surface area (Å²) in [6.07, 6.45) is 6.08. The first-order valence-electron chi connectivity index (χ1n) is 10.7. The summed E-state index contributed by atoms with van der Waals surface area (Å²) < 4.78 is 12.6. The van der Waals surface area contributed by atoms with Crippen molar-refractivity contribution in [3.8, 4) is 11.5 Å². The number of rotatable bonds is 11. The molecule has 0 unspecified atom stereocenters. The number of benzene rings is 2. The van der Waals surface area contributed by atoms with Crippen molar-refractivity contribution in [1.29, 1.82) is 0 Å². The molecule has 0 spiro atoms. The SMILES string of the molecule is CCCCCCCOc1ccc(NC(=O)COc2ccc(Br)cc2C(C)(C)C)cc1. The van der Waals surface area contributed by atoms with Gasteiger partial charge in [-0.2, -0.15) is 0 Å². The van der Waals surface area contributed by atoms with Crippen LogP contribution in [-0.2, 0) is 10.2 Å². The zero-order chi connectivity index (χ0) is 22.0. The topological polar surface area (TPSA) is 47.6 Å². The Morgan fingerprint density at radius 2 is 1.67 bits per heavy atom. The van der Waals surface area contributed by atoms with E-state index in [1.54, 1.807) is 0 Å². The van der Waals surface area contributed by atoms with Crippen LogP contribution in [-0.4, -0.2) is 19.1 Å². The number of unbranched alkanes of at least 4 members (excludes halogenated alkanes) is 4. The van der Waals surface area contributed by atoms with E-state index in [1.807, 2.05) is 42.5 Å². The van der Waals surface area contributed by atoms with Crippen LogP contribution in [0.3, 0.4) is 0 Å². The van der Waals surface area contributed by atoms with E-state index < -0.39 is 0 Å². The molecule has 0 atom stereocenters. The molecule has 4 nitrogen and oxygen atoms in total. The second-order valence-corrected chi connectivity index (χ2v) is 9.43. The van der Waals surface area contributed by atoms with Crippen LogP contribution in [0.25, 0.3) is 0 Å². The molecule has 30 heavy (non-hydrogen) atoms. The van der Waals surface area contributed by atoms with Gasteiger partial charge in [-0.05, 0) is 54.3 Å². The standard InChI is InChI=1S/C25H34BrNO3/c1-5-6-7-8-9-16-29-21-13-11-20(12-14-21)27-24(28)18-30-23-15-10-19(26)17-22(23)25(2,3)4/h10-15,17H,5-9,16,18H2,1-4H3,(H,27,28).